The van der Waals surface area contributed by atoms with E-state index in [4.69, 9.17) is 0 Å². The van der Waals surface area contributed by atoms with Crippen molar-refractivity contribution in [2.45, 2.75) is 57.0 Å². The summed E-state index contributed by atoms with van der Waals surface area (Å²) in [4.78, 5) is 40.0. The molecule has 2 amide bonds. The van der Waals surface area contributed by atoms with Crippen molar-refractivity contribution in [1.82, 2.24) is 10.2 Å². The fourth-order valence-corrected chi connectivity index (χ4v) is 5.26. The van der Waals surface area contributed by atoms with Crippen molar-refractivity contribution in [1.29, 1.82) is 0 Å². The molecule has 2 bridgehead atoms. The van der Waals surface area contributed by atoms with Crippen LogP contribution in [-0.2, 0) is 25.5 Å². The molecule has 28 heavy (non-hydrogen) atoms. The van der Waals surface area contributed by atoms with Crippen LogP contribution in [0.5, 0.6) is 0 Å². The van der Waals surface area contributed by atoms with Crippen molar-refractivity contribution >= 4 is 17.8 Å². The predicted molar refractivity (Wildman–Crippen MR) is 103 cm³/mol. The number of nitrogens with one attached hydrogen (secondary N) is 1. The van der Waals surface area contributed by atoms with E-state index in [0.29, 0.717) is 12.8 Å². The molecule has 1 aromatic carbocycles. The van der Waals surface area contributed by atoms with E-state index >= 15 is 0 Å². The molecule has 0 radical (unpaired) electrons. The lowest BCUT2D eigenvalue weighted by Gasteiger charge is -2.37. The average molecular weight is 384 g/mol. The first-order chi connectivity index (χ1) is 13.5. The zero-order chi connectivity index (χ0) is 19.7. The summed E-state index contributed by atoms with van der Waals surface area (Å²) in [6.07, 6.45) is 6.11. The second kappa shape index (κ2) is 7.57. The van der Waals surface area contributed by atoms with Crippen LogP contribution in [0.4, 0.5) is 0 Å². The third-order valence-corrected chi connectivity index (χ3v) is 6.88. The Balaban J connectivity index is 1.61. The topological polar surface area (TPSA) is 75.7 Å². The summed E-state index contributed by atoms with van der Waals surface area (Å²) >= 11 is 0. The highest BCUT2D eigenvalue weighted by Gasteiger charge is 2.61. The lowest BCUT2D eigenvalue weighted by Crippen LogP contribution is -2.53. The molecule has 6 nitrogen and oxygen atoms in total. The van der Waals surface area contributed by atoms with Gasteiger partial charge in [0.25, 0.3) is 0 Å². The van der Waals surface area contributed by atoms with Gasteiger partial charge < -0.3 is 15.0 Å². The second-order valence-electron chi connectivity index (χ2n) is 8.40. The average Bonchev–Trinajstić information content (AvgIpc) is 3.21. The van der Waals surface area contributed by atoms with Gasteiger partial charge in [-0.2, -0.15) is 0 Å². The molecular weight excluding hydrogens is 356 g/mol. The van der Waals surface area contributed by atoms with Crippen molar-refractivity contribution in [2.24, 2.45) is 11.3 Å². The van der Waals surface area contributed by atoms with Crippen LogP contribution in [0.3, 0.4) is 0 Å². The van der Waals surface area contributed by atoms with Crippen molar-refractivity contribution < 1.29 is 19.1 Å². The zero-order valence-corrected chi connectivity index (χ0v) is 16.4. The number of hydrogen-bond acceptors (Lipinski definition) is 4. The maximum Gasteiger partial charge on any atom is 0.325 e. The maximum atomic E-state index is 13.3. The minimum Gasteiger partial charge on any atom is -0.468 e. The van der Waals surface area contributed by atoms with E-state index in [1.165, 1.54) is 7.11 Å². The molecule has 1 aliphatic carbocycles. The maximum absolute atomic E-state index is 13.3. The predicted octanol–water partition coefficient (Wildman–Crippen LogP) is 2.07. The van der Waals surface area contributed by atoms with Gasteiger partial charge >= 0.3 is 5.97 Å². The summed E-state index contributed by atoms with van der Waals surface area (Å²) in [5, 5.41) is 2.79. The summed E-state index contributed by atoms with van der Waals surface area (Å²) < 4.78 is 4.67. The standard InChI is InChI=1S/C22H28N2O4/c1-28-19(25)14-23-21(27)22(12-15-6-3-2-4-7-15)13-17-10-11-18(22)24(17)20(26)16-8-5-9-16/h2-4,6-7,16-18H,5,8-14H2,1H3,(H,23,27)/t17-,18+,22+/m1/s1. The quantitative estimate of drug-likeness (QED) is 0.762. The highest BCUT2D eigenvalue weighted by molar-refractivity contribution is 5.90. The molecule has 1 saturated carbocycles. The fraction of sp³-hybridized carbons (Fsp3) is 0.591. The Bertz CT molecular complexity index is 761. The van der Waals surface area contributed by atoms with Gasteiger partial charge in [0, 0.05) is 18.0 Å². The third kappa shape index (κ3) is 3.19. The van der Waals surface area contributed by atoms with Gasteiger partial charge in [0.15, 0.2) is 0 Å². The molecule has 3 atom stereocenters. The number of methoxy groups -OCH3 is 1. The molecule has 1 N–H and O–H groups in total. The molecule has 0 spiro atoms. The number of amides is 2. The van der Waals surface area contributed by atoms with Crippen molar-refractivity contribution in [3.8, 4) is 0 Å². The van der Waals surface area contributed by atoms with E-state index in [9.17, 15) is 14.4 Å². The van der Waals surface area contributed by atoms with Gasteiger partial charge in [0.2, 0.25) is 11.8 Å². The van der Waals surface area contributed by atoms with Crippen LogP contribution in [-0.4, -0.2) is 48.4 Å². The molecule has 2 heterocycles. The lowest BCUT2D eigenvalue weighted by molar-refractivity contribution is -0.145. The number of carbonyl (C=O) groups excluding carboxylic acids is 3. The monoisotopic (exact) mass is 384 g/mol. The van der Waals surface area contributed by atoms with E-state index < -0.39 is 11.4 Å². The molecule has 150 valence electrons. The van der Waals surface area contributed by atoms with Gasteiger partial charge in [0.05, 0.1) is 12.5 Å². The molecule has 2 saturated heterocycles. The van der Waals surface area contributed by atoms with E-state index in [0.717, 1.165) is 37.7 Å². The summed E-state index contributed by atoms with van der Waals surface area (Å²) in [7, 11) is 1.31. The fourth-order valence-electron chi connectivity index (χ4n) is 5.26. The Labute approximate surface area is 165 Å². The first kappa shape index (κ1) is 19.0. The molecular formula is C22H28N2O4. The van der Waals surface area contributed by atoms with Gasteiger partial charge in [-0.3, -0.25) is 14.4 Å². The highest BCUT2D eigenvalue weighted by atomic mass is 16.5. The van der Waals surface area contributed by atoms with Crippen molar-refractivity contribution in [3.63, 3.8) is 0 Å². The SMILES string of the molecule is COC(=O)CNC(=O)[C@@]1(Cc2ccccc2)C[C@H]2CC[C@@H]1N2C(=O)C1CCC1. The van der Waals surface area contributed by atoms with Gasteiger partial charge in [-0.05, 0) is 44.1 Å². The van der Waals surface area contributed by atoms with E-state index in [2.05, 4.69) is 10.1 Å². The van der Waals surface area contributed by atoms with Crippen LogP contribution in [0.1, 0.15) is 44.1 Å². The molecule has 3 fully saturated rings. The molecule has 1 aromatic rings. The number of benzene rings is 1. The molecule has 3 aliphatic rings. The number of carbonyl (C=O) groups is 3. The van der Waals surface area contributed by atoms with E-state index in [1.54, 1.807) is 0 Å². The minimum atomic E-state index is -0.683. The van der Waals surface area contributed by atoms with Crippen LogP contribution in [0.25, 0.3) is 0 Å². The van der Waals surface area contributed by atoms with Crippen LogP contribution in [0, 0.1) is 11.3 Å². The Morgan fingerprint density at radius 2 is 1.89 bits per heavy atom. The number of ether oxygens (including phenoxy) is 1. The Morgan fingerprint density at radius 3 is 2.54 bits per heavy atom. The number of esters is 1. The van der Waals surface area contributed by atoms with Crippen LogP contribution >= 0.6 is 0 Å². The third-order valence-electron chi connectivity index (χ3n) is 6.88. The first-order valence-corrected chi connectivity index (χ1v) is 10.3. The van der Waals surface area contributed by atoms with Gasteiger partial charge in [-0.1, -0.05) is 36.8 Å². The minimum absolute atomic E-state index is 0.0940. The lowest BCUT2D eigenvalue weighted by atomic mass is 9.69. The number of fused-ring (bicyclic) bond motifs is 2. The first-order valence-electron chi connectivity index (χ1n) is 10.3. The second-order valence-corrected chi connectivity index (χ2v) is 8.40. The largest absolute Gasteiger partial charge is 0.468 e. The van der Waals surface area contributed by atoms with E-state index in [-0.39, 0.29) is 36.4 Å². The van der Waals surface area contributed by atoms with Crippen molar-refractivity contribution in [2.75, 3.05) is 13.7 Å². The molecule has 2 aliphatic heterocycles. The summed E-state index contributed by atoms with van der Waals surface area (Å²) in [6, 6.07) is 9.99. The smallest absolute Gasteiger partial charge is 0.325 e. The molecule has 0 unspecified atom stereocenters. The summed E-state index contributed by atoms with van der Waals surface area (Å²) in [5.41, 5.74) is 0.400. The Morgan fingerprint density at radius 1 is 1.14 bits per heavy atom. The Kier molecular flexibility index (Phi) is 5.13. The summed E-state index contributed by atoms with van der Waals surface area (Å²) in [5.74, 6) is -0.239. The van der Waals surface area contributed by atoms with Crippen LogP contribution in [0.2, 0.25) is 0 Å². The highest BCUT2D eigenvalue weighted by Crippen LogP contribution is 2.53. The van der Waals surface area contributed by atoms with Gasteiger partial charge in [0.1, 0.15) is 6.54 Å². The molecule has 4 rings (SSSR count). The number of nitrogens with zero attached hydrogens (tertiary/aromatic N) is 1. The zero-order valence-electron chi connectivity index (χ0n) is 16.4. The van der Waals surface area contributed by atoms with E-state index in [1.807, 2.05) is 35.2 Å². The molecule has 6 heteroatoms. The van der Waals surface area contributed by atoms with Gasteiger partial charge in [-0.15, -0.1) is 0 Å². The normalized spacial score (nSPS) is 28.7. The van der Waals surface area contributed by atoms with Crippen LogP contribution < -0.4 is 5.32 Å². The van der Waals surface area contributed by atoms with Gasteiger partial charge in [-0.25, -0.2) is 0 Å². The molecule has 0 aromatic heterocycles. The summed E-state index contributed by atoms with van der Waals surface area (Å²) in [6.45, 7) is -0.139. The van der Waals surface area contributed by atoms with Crippen molar-refractivity contribution in [3.05, 3.63) is 35.9 Å². The van der Waals surface area contributed by atoms with Crippen LogP contribution in [0.15, 0.2) is 30.3 Å². The number of hydrogen-bond donors (Lipinski definition) is 1. The number of rotatable bonds is 6. The Hall–Kier alpha value is -2.37.